The number of amides is 1. The summed E-state index contributed by atoms with van der Waals surface area (Å²) in [6, 6.07) is 4.34. The van der Waals surface area contributed by atoms with Gasteiger partial charge in [0.25, 0.3) is 5.91 Å². The van der Waals surface area contributed by atoms with Gasteiger partial charge in [-0.25, -0.2) is 4.39 Å². The van der Waals surface area contributed by atoms with Crippen molar-refractivity contribution >= 4 is 11.9 Å². The molecule has 2 rings (SSSR count). The maximum atomic E-state index is 13.6. The third-order valence-corrected chi connectivity index (χ3v) is 3.18. The van der Waals surface area contributed by atoms with E-state index in [4.69, 9.17) is 5.11 Å². The Morgan fingerprint density at radius 2 is 2.17 bits per heavy atom. The molecule has 0 saturated carbocycles. The Morgan fingerprint density at radius 1 is 1.44 bits per heavy atom. The fourth-order valence-electron chi connectivity index (χ4n) is 2.12. The minimum atomic E-state index is -0.907. The number of carboxylic acid groups (broad SMARTS) is 1. The molecular weight excluding hydrogens is 237 g/mol. The molecule has 1 aliphatic heterocycles. The minimum Gasteiger partial charge on any atom is -0.481 e. The first kappa shape index (κ1) is 12.5. The van der Waals surface area contributed by atoms with Crippen molar-refractivity contribution < 1.29 is 19.1 Å². The number of hydrogen-bond acceptors (Lipinski definition) is 2. The van der Waals surface area contributed by atoms with Crippen molar-refractivity contribution in [2.75, 3.05) is 13.1 Å². The quantitative estimate of drug-likeness (QED) is 0.870. The van der Waals surface area contributed by atoms with Gasteiger partial charge in [0, 0.05) is 13.1 Å². The Labute approximate surface area is 104 Å². The number of carbonyl (C=O) groups is 2. The molecular formula is C13H14FNO3. The summed E-state index contributed by atoms with van der Waals surface area (Å²) in [7, 11) is 0. The Bertz CT molecular complexity index is 501. The molecule has 18 heavy (non-hydrogen) atoms. The number of aliphatic carboxylic acids is 1. The molecule has 1 aliphatic rings. The standard InChI is InChI=1S/C13H14FNO3/c1-8-2-3-11(14)10(6-8)12(16)15-5-4-9(7-15)13(17)18/h2-3,6,9H,4-5,7H2,1H3,(H,17,18). The van der Waals surface area contributed by atoms with Crippen LogP contribution in [0.25, 0.3) is 0 Å². The Balaban J connectivity index is 2.17. The molecule has 1 atom stereocenters. The van der Waals surface area contributed by atoms with Gasteiger partial charge in [-0.05, 0) is 25.5 Å². The van der Waals surface area contributed by atoms with E-state index in [0.29, 0.717) is 13.0 Å². The summed E-state index contributed by atoms with van der Waals surface area (Å²) in [6.45, 7) is 2.30. The molecule has 1 aromatic carbocycles. The van der Waals surface area contributed by atoms with Crippen LogP contribution in [-0.2, 0) is 4.79 Å². The number of likely N-dealkylation sites (tertiary alicyclic amines) is 1. The fraction of sp³-hybridized carbons (Fsp3) is 0.385. The lowest BCUT2D eigenvalue weighted by molar-refractivity contribution is -0.141. The largest absolute Gasteiger partial charge is 0.481 e. The summed E-state index contributed by atoms with van der Waals surface area (Å²) in [5.41, 5.74) is 0.815. The van der Waals surface area contributed by atoms with E-state index < -0.39 is 23.6 Å². The molecule has 96 valence electrons. The fourth-order valence-corrected chi connectivity index (χ4v) is 2.12. The van der Waals surface area contributed by atoms with E-state index in [2.05, 4.69) is 0 Å². The second-order valence-electron chi connectivity index (χ2n) is 4.56. The predicted molar refractivity (Wildman–Crippen MR) is 62.8 cm³/mol. The molecule has 1 amide bonds. The Morgan fingerprint density at radius 3 is 2.78 bits per heavy atom. The van der Waals surface area contributed by atoms with Crippen LogP contribution in [0.5, 0.6) is 0 Å². The van der Waals surface area contributed by atoms with Crippen LogP contribution in [0.3, 0.4) is 0 Å². The van der Waals surface area contributed by atoms with Crippen LogP contribution in [0, 0.1) is 18.7 Å². The lowest BCUT2D eigenvalue weighted by atomic mass is 10.1. The first-order chi connectivity index (χ1) is 8.49. The zero-order valence-corrected chi connectivity index (χ0v) is 10.0. The van der Waals surface area contributed by atoms with Crippen LogP contribution in [0.4, 0.5) is 4.39 Å². The van der Waals surface area contributed by atoms with Crippen LogP contribution in [0.1, 0.15) is 22.3 Å². The number of carboxylic acids is 1. The number of rotatable bonds is 2. The number of aryl methyl sites for hydroxylation is 1. The van der Waals surface area contributed by atoms with Gasteiger partial charge in [-0.15, -0.1) is 0 Å². The van der Waals surface area contributed by atoms with Crippen molar-refractivity contribution in [3.8, 4) is 0 Å². The highest BCUT2D eigenvalue weighted by atomic mass is 19.1. The van der Waals surface area contributed by atoms with Crippen LogP contribution >= 0.6 is 0 Å². The summed E-state index contributed by atoms with van der Waals surface area (Å²) in [5, 5.41) is 8.87. The zero-order valence-electron chi connectivity index (χ0n) is 10.0. The van der Waals surface area contributed by atoms with E-state index in [1.54, 1.807) is 13.0 Å². The normalized spacial score (nSPS) is 19.0. The maximum Gasteiger partial charge on any atom is 0.308 e. The van der Waals surface area contributed by atoms with Gasteiger partial charge in [0.2, 0.25) is 0 Å². The number of nitrogens with zero attached hydrogens (tertiary/aromatic N) is 1. The maximum absolute atomic E-state index is 13.6. The van der Waals surface area contributed by atoms with Gasteiger partial charge in [0.1, 0.15) is 5.82 Å². The lowest BCUT2D eigenvalue weighted by Gasteiger charge is -2.16. The summed E-state index contributed by atoms with van der Waals surface area (Å²) in [5.74, 6) is -2.44. The van der Waals surface area contributed by atoms with Gasteiger partial charge in [0.15, 0.2) is 0 Å². The van der Waals surface area contributed by atoms with Crippen LogP contribution < -0.4 is 0 Å². The van der Waals surface area contributed by atoms with Crippen molar-refractivity contribution in [2.45, 2.75) is 13.3 Å². The van der Waals surface area contributed by atoms with Gasteiger partial charge in [-0.2, -0.15) is 0 Å². The molecule has 0 aromatic heterocycles. The van der Waals surface area contributed by atoms with Crippen LogP contribution in [0.2, 0.25) is 0 Å². The van der Waals surface area contributed by atoms with Gasteiger partial charge in [0.05, 0.1) is 11.5 Å². The summed E-state index contributed by atoms with van der Waals surface area (Å²) in [4.78, 5) is 24.3. The van der Waals surface area contributed by atoms with Crippen molar-refractivity contribution in [3.05, 3.63) is 35.1 Å². The van der Waals surface area contributed by atoms with E-state index in [0.717, 1.165) is 5.56 Å². The highest BCUT2D eigenvalue weighted by Gasteiger charge is 2.32. The van der Waals surface area contributed by atoms with Gasteiger partial charge in [-0.1, -0.05) is 11.6 Å². The third-order valence-electron chi connectivity index (χ3n) is 3.18. The zero-order chi connectivity index (χ0) is 13.3. The molecule has 5 heteroatoms. The Kier molecular flexibility index (Phi) is 3.32. The van der Waals surface area contributed by atoms with E-state index in [-0.39, 0.29) is 12.1 Å². The van der Waals surface area contributed by atoms with Gasteiger partial charge in [-0.3, -0.25) is 9.59 Å². The predicted octanol–water partition coefficient (Wildman–Crippen LogP) is 1.68. The minimum absolute atomic E-state index is 0.0149. The molecule has 0 spiro atoms. The molecule has 1 aromatic rings. The van der Waals surface area contributed by atoms with E-state index in [9.17, 15) is 14.0 Å². The monoisotopic (exact) mass is 251 g/mol. The lowest BCUT2D eigenvalue weighted by Crippen LogP contribution is -2.30. The first-order valence-corrected chi connectivity index (χ1v) is 5.77. The van der Waals surface area contributed by atoms with E-state index >= 15 is 0 Å². The van der Waals surface area contributed by atoms with Crippen molar-refractivity contribution in [3.63, 3.8) is 0 Å². The molecule has 0 aliphatic carbocycles. The SMILES string of the molecule is Cc1ccc(F)c(C(=O)N2CCC(C(=O)O)C2)c1. The molecule has 1 unspecified atom stereocenters. The van der Waals surface area contributed by atoms with Crippen molar-refractivity contribution in [1.29, 1.82) is 0 Å². The summed E-state index contributed by atoms with van der Waals surface area (Å²) < 4.78 is 13.6. The second kappa shape index (κ2) is 4.76. The van der Waals surface area contributed by atoms with Crippen LogP contribution in [0.15, 0.2) is 18.2 Å². The molecule has 0 radical (unpaired) electrons. The number of carbonyl (C=O) groups excluding carboxylic acids is 1. The average molecular weight is 251 g/mol. The smallest absolute Gasteiger partial charge is 0.308 e. The molecule has 4 nitrogen and oxygen atoms in total. The molecule has 1 saturated heterocycles. The van der Waals surface area contributed by atoms with E-state index in [1.807, 2.05) is 0 Å². The van der Waals surface area contributed by atoms with Crippen molar-refractivity contribution in [2.24, 2.45) is 5.92 Å². The number of benzene rings is 1. The van der Waals surface area contributed by atoms with Crippen molar-refractivity contribution in [1.82, 2.24) is 4.90 Å². The second-order valence-corrected chi connectivity index (χ2v) is 4.56. The van der Waals surface area contributed by atoms with Gasteiger partial charge < -0.3 is 10.0 Å². The molecule has 1 fully saturated rings. The third kappa shape index (κ3) is 2.34. The summed E-state index contributed by atoms with van der Waals surface area (Å²) >= 11 is 0. The summed E-state index contributed by atoms with van der Waals surface area (Å²) in [6.07, 6.45) is 0.425. The number of hydrogen-bond donors (Lipinski definition) is 1. The highest BCUT2D eigenvalue weighted by molar-refractivity contribution is 5.95. The molecule has 1 N–H and O–H groups in total. The molecule has 1 heterocycles. The van der Waals surface area contributed by atoms with E-state index in [1.165, 1.54) is 17.0 Å². The molecule has 0 bridgehead atoms. The first-order valence-electron chi connectivity index (χ1n) is 5.77. The number of halogens is 1. The Hall–Kier alpha value is -1.91. The average Bonchev–Trinajstić information content (AvgIpc) is 2.81. The van der Waals surface area contributed by atoms with Crippen LogP contribution in [-0.4, -0.2) is 35.0 Å². The highest BCUT2D eigenvalue weighted by Crippen LogP contribution is 2.20. The topological polar surface area (TPSA) is 57.6 Å². The van der Waals surface area contributed by atoms with Gasteiger partial charge >= 0.3 is 5.97 Å².